The second-order valence-corrected chi connectivity index (χ2v) is 7.23. The van der Waals surface area contributed by atoms with E-state index in [1.807, 2.05) is 27.7 Å². The zero-order valence-electron chi connectivity index (χ0n) is 16.6. The van der Waals surface area contributed by atoms with Crippen molar-refractivity contribution in [2.24, 2.45) is 0 Å². The second-order valence-electron chi connectivity index (χ2n) is 7.23. The normalized spacial score (nSPS) is 11.7. The lowest BCUT2D eigenvalue weighted by Crippen LogP contribution is -2.08. The third-order valence-corrected chi connectivity index (χ3v) is 4.38. The Kier molecular flexibility index (Phi) is 4.87. The first-order valence-corrected chi connectivity index (χ1v) is 9.35. The molecular weight excluding hydrogens is 374 g/mol. The Morgan fingerprint density at radius 1 is 1.24 bits per heavy atom. The molecule has 150 valence electrons. The molecule has 0 radical (unpaired) electrons. The minimum absolute atomic E-state index is 0.0727. The average molecular weight is 395 g/mol. The third kappa shape index (κ3) is 3.63. The van der Waals surface area contributed by atoms with Crippen LogP contribution in [0.5, 0.6) is 0 Å². The maximum atomic E-state index is 12.9. The van der Waals surface area contributed by atoms with Crippen LogP contribution in [0.3, 0.4) is 0 Å². The molecule has 9 nitrogen and oxygen atoms in total. The van der Waals surface area contributed by atoms with Gasteiger partial charge in [-0.1, -0.05) is 19.0 Å². The van der Waals surface area contributed by atoms with Crippen LogP contribution in [-0.2, 0) is 11.3 Å². The van der Waals surface area contributed by atoms with Crippen LogP contribution in [-0.4, -0.2) is 30.9 Å². The molecule has 29 heavy (non-hydrogen) atoms. The van der Waals surface area contributed by atoms with E-state index in [1.54, 1.807) is 35.3 Å². The summed E-state index contributed by atoms with van der Waals surface area (Å²) in [7, 11) is 0. The molecule has 0 unspecified atom stereocenters. The topological polar surface area (TPSA) is 109 Å². The number of carbonyl (C=O) groups is 1. The quantitative estimate of drug-likeness (QED) is 0.448. The number of furan rings is 1. The van der Waals surface area contributed by atoms with E-state index < -0.39 is 5.97 Å². The van der Waals surface area contributed by atoms with E-state index in [2.05, 4.69) is 20.2 Å². The van der Waals surface area contributed by atoms with Crippen molar-refractivity contribution in [3.05, 3.63) is 47.9 Å². The molecule has 0 amide bonds. The van der Waals surface area contributed by atoms with E-state index >= 15 is 0 Å². The molecule has 4 rings (SSSR count). The fourth-order valence-corrected chi connectivity index (χ4v) is 2.88. The number of fused-ring (bicyclic) bond motifs is 1. The van der Waals surface area contributed by atoms with Crippen molar-refractivity contribution in [3.63, 3.8) is 0 Å². The Hall–Kier alpha value is -3.49. The van der Waals surface area contributed by atoms with E-state index in [0.29, 0.717) is 33.9 Å². The zero-order valence-corrected chi connectivity index (χ0v) is 16.6. The van der Waals surface area contributed by atoms with Crippen LogP contribution in [0.25, 0.3) is 22.5 Å². The highest BCUT2D eigenvalue weighted by Crippen LogP contribution is 2.27. The molecule has 0 spiro atoms. The molecule has 0 bridgehead atoms. The number of hydrogen-bond donors (Lipinski definition) is 0. The Morgan fingerprint density at radius 3 is 2.72 bits per heavy atom. The van der Waals surface area contributed by atoms with Gasteiger partial charge in [0.05, 0.1) is 23.4 Å². The molecule has 9 heteroatoms. The summed E-state index contributed by atoms with van der Waals surface area (Å²) in [5.41, 5.74) is 1.45. The zero-order chi connectivity index (χ0) is 20.5. The molecule has 4 heterocycles. The average Bonchev–Trinajstić information content (AvgIpc) is 3.45. The van der Waals surface area contributed by atoms with Gasteiger partial charge in [0.1, 0.15) is 5.69 Å². The molecule has 0 saturated heterocycles. The van der Waals surface area contributed by atoms with Gasteiger partial charge in [-0.05, 0) is 32.0 Å². The van der Waals surface area contributed by atoms with Crippen LogP contribution < -0.4 is 0 Å². The van der Waals surface area contributed by atoms with Crippen LogP contribution >= 0.6 is 0 Å². The fourth-order valence-electron chi connectivity index (χ4n) is 2.88. The monoisotopic (exact) mass is 395 g/mol. The summed E-state index contributed by atoms with van der Waals surface area (Å²) in [6.07, 6.45) is 3.18. The van der Waals surface area contributed by atoms with Gasteiger partial charge < -0.3 is 13.7 Å². The highest BCUT2D eigenvalue weighted by molar-refractivity contribution is 6.03. The number of hydrogen-bond acceptors (Lipinski definition) is 8. The number of nitrogens with zero attached hydrogens (tertiary/aromatic N) is 5. The fraction of sp³-hybridized carbons (Fsp3) is 0.350. The largest absolute Gasteiger partial charge is 0.463 e. The smallest absolute Gasteiger partial charge is 0.339 e. The SMILES string of the molecule is CC(C)c1noc(COC(=O)c2cc(-c3ccco3)nc3c2cnn3C(C)C)n1. The molecule has 0 aliphatic carbocycles. The first-order valence-electron chi connectivity index (χ1n) is 9.35. The molecule has 0 aliphatic heterocycles. The predicted octanol–water partition coefficient (Wildman–Crippen LogP) is 4.14. The molecular formula is C20H21N5O4. The van der Waals surface area contributed by atoms with E-state index in [1.165, 1.54) is 0 Å². The van der Waals surface area contributed by atoms with Crippen molar-refractivity contribution >= 4 is 17.0 Å². The molecule has 0 aliphatic rings. The minimum Gasteiger partial charge on any atom is -0.463 e. The van der Waals surface area contributed by atoms with Crippen LogP contribution in [0.15, 0.2) is 39.6 Å². The van der Waals surface area contributed by atoms with Crippen LogP contribution in [0.2, 0.25) is 0 Å². The first kappa shape index (κ1) is 18.9. The summed E-state index contributed by atoms with van der Waals surface area (Å²) in [5.74, 6) is 0.964. The van der Waals surface area contributed by atoms with E-state index in [-0.39, 0.29) is 24.5 Å². The maximum absolute atomic E-state index is 12.9. The van der Waals surface area contributed by atoms with Gasteiger partial charge in [0, 0.05) is 12.0 Å². The van der Waals surface area contributed by atoms with Gasteiger partial charge in [-0.15, -0.1) is 0 Å². The number of pyridine rings is 1. The highest BCUT2D eigenvalue weighted by Gasteiger charge is 2.21. The molecule has 0 saturated carbocycles. The van der Waals surface area contributed by atoms with Crippen LogP contribution in [0, 0.1) is 0 Å². The molecule has 4 aromatic heterocycles. The summed E-state index contributed by atoms with van der Waals surface area (Å²) in [6, 6.07) is 5.26. The van der Waals surface area contributed by atoms with E-state index in [9.17, 15) is 4.79 Å². The first-order chi connectivity index (χ1) is 13.9. The molecule has 0 fully saturated rings. The predicted molar refractivity (Wildman–Crippen MR) is 103 cm³/mol. The number of aromatic nitrogens is 5. The number of esters is 1. The molecule has 4 aromatic rings. The van der Waals surface area contributed by atoms with Crippen molar-refractivity contribution < 1.29 is 18.5 Å². The highest BCUT2D eigenvalue weighted by atomic mass is 16.6. The summed E-state index contributed by atoms with van der Waals surface area (Å²) in [4.78, 5) is 21.7. The van der Waals surface area contributed by atoms with Crippen molar-refractivity contribution in [1.82, 2.24) is 24.9 Å². The summed E-state index contributed by atoms with van der Waals surface area (Å²) in [6.45, 7) is 7.78. The molecule has 0 aromatic carbocycles. The van der Waals surface area contributed by atoms with Crippen molar-refractivity contribution in [3.8, 4) is 11.5 Å². The standard InChI is InChI=1S/C20H21N5O4/c1-11(2)18-23-17(29-24-18)10-28-20(26)13-8-15(16-6-5-7-27-16)22-19-14(13)9-21-25(19)12(3)4/h5-9,11-12H,10H2,1-4H3. The van der Waals surface area contributed by atoms with Crippen molar-refractivity contribution in [2.75, 3.05) is 0 Å². The summed E-state index contributed by atoms with van der Waals surface area (Å²) in [5, 5.41) is 8.85. The lowest BCUT2D eigenvalue weighted by atomic mass is 10.1. The van der Waals surface area contributed by atoms with E-state index in [4.69, 9.17) is 13.7 Å². The lowest BCUT2D eigenvalue weighted by Gasteiger charge is -2.09. The number of carbonyl (C=O) groups excluding carboxylic acids is 1. The van der Waals surface area contributed by atoms with Crippen molar-refractivity contribution in [2.45, 2.75) is 46.3 Å². The Balaban J connectivity index is 1.68. The van der Waals surface area contributed by atoms with Crippen LogP contribution in [0.1, 0.15) is 61.7 Å². The Labute approximate surface area is 166 Å². The summed E-state index contributed by atoms with van der Waals surface area (Å²) < 4.78 is 17.8. The molecule has 0 atom stereocenters. The molecule has 0 N–H and O–H groups in total. The van der Waals surface area contributed by atoms with Crippen molar-refractivity contribution in [1.29, 1.82) is 0 Å². The van der Waals surface area contributed by atoms with Crippen LogP contribution in [0.4, 0.5) is 0 Å². The van der Waals surface area contributed by atoms with Gasteiger partial charge in [-0.25, -0.2) is 14.5 Å². The van der Waals surface area contributed by atoms with Gasteiger partial charge >= 0.3 is 5.97 Å². The second kappa shape index (κ2) is 7.50. The van der Waals surface area contributed by atoms with Gasteiger partial charge in [-0.3, -0.25) is 0 Å². The van der Waals surface area contributed by atoms with Gasteiger partial charge in [-0.2, -0.15) is 10.1 Å². The third-order valence-electron chi connectivity index (χ3n) is 4.38. The van der Waals surface area contributed by atoms with Gasteiger partial charge in [0.2, 0.25) is 0 Å². The Morgan fingerprint density at radius 2 is 2.07 bits per heavy atom. The minimum atomic E-state index is -0.530. The number of rotatable bonds is 6. The summed E-state index contributed by atoms with van der Waals surface area (Å²) >= 11 is 0. The number of ether oxygens (including phenoxy) is 1. The maximum Gasteiger partial charge on any atom is 0.339 e. The van der Waals surface area contributed by atoms with Gasteiger partial charge in [0.25, 0.3) is 5.89 Å². The van der Waals surface area contributed by atoms with Gasteiger partial charge in [0.15, 0.2) is 23.8 Å². The Bertz CT molecular complexity index is 1140. The lowest BCUT2D eigenvalue weighted by molar-refractivity contribution is 0.0432. The van der Waals surface area contributed by atoms with E-state index in [0.717, 1.165) is 0 Å².